The summed E-state index contributed by atoms with van der Waals surface area (Å²) < 4.78 is 6.95. The first kappa shape index (κ1) is 20.8. The van der Waals surface area contributed by atoms with Gasteiger partial charge < -0.3 is 14.6 Å². The van der Waals surface area contributed by atoms with E-state index >= 15 is 0 Å². The number of anilines is 2. The fraction of sp³-hybridized carbons (Fsp3) is 0.208. The van der Waals surface area contributed by atoms with Crippen molar-refractivity contribution >= 4 is 57.3 Å². The van der Waals surface area contributed by atoms with Crippen LogP contribution in [0, 0.1) is 6.92 Å². The van der Waals surface area contributed by atoms with Crippen LogP contribution in [-0.4, -0.2) is 23.3 Å². The number of thiazole rings is 1. The third-order valence-corrected chi connectivity index (χ3v) is 7.52. The maximum absolute atomic E-state index is 13.3. The van der Waals surface area contributed by atoms with Gasteiger partial charge in [-0.3, -0.25) is 9.59 Å². The fourth-order valence-corrected chi connectivity index (χ4v) is 5.73. The van der Waals surface area contributed by atoms with Crippen LogP contribution in [0.25, 0.3) is 11.0 Å². The monoisotopic (exact) mass is 463 g/mol. The number of hydrogen-bond donors (Lipinski definition) is 1. The van der Waals surface area contributed by atoms with E-state index in [9.17, 15) is 9.59 Å². The Hall–Kier alpha value is -3.10. The van der Waals surface area contributed by atoms with Gasteiger partial charge in [-0.1, -0.05) is 42.1 Å². The molecule has 1 aliphatic rings. The molecule has 4 aromatic rings. The quantitative estimate of drug-likeness (QED) is 0.362. The lowest BCUT2D eigenvalue weighted by molar-refractivity contribution is -0.117. The molecule has 0 radical (unpaired) electrons. The number of rotatable bonds is 6. The van der Waals surface area contributed by atoms with Crippen LogP contribution in [0.4, 0.5) is 11.4 Å². The van der Waals surface area contributed by atoms with Crippen molar-refractivity contribution in [1.29, 1.82) is 0 Å². The molecule has 2 amide bonds. The second-order valence-electron chi connectivity index (χ2n) is 7.57. The minimum Gasteiger partial charge on any atom is -0.451 e. The molecule has 6 nitrogen and oxygen atoms in total. The molecule has 2 aromatic heterocycles. The second kappa shape index (κ2) is 8.80. The first-order chi connectivity index (χ1) is 15.6. The van der Waals surface area contributed by atoms with Gasteiger partial charge in [-0.15, -0.1) is 11.3 Å². The smallest absolute Gasteiger partial charge is 0.291 e. The molecule has 1 aliphatic heterocycles. The Morgan fingerprint density at radius 3 is 2.81 bits per heavy atom. The lowest BCUT2D eigenvalue weighted by atomic mass is 10.1. The topological polar surface area (TPSA) is 75.4 Å². The number of hydrogen-bond acceptors (Lipinski definition) is 6. The number of nitrogens with zero attached hydrogens (tertiary/aromatic N) is 2. The molecule has 0 spiro atoms. The number of para-hydroxylation sites is 3. The molecular formula is C24H21N3O3S2. The van der Waals surface area contributed by atoms with Gasteiger partial charge in [0.25, 0.3) is 5.91 Å². The number of carbonyl (C=O) groups is 2. The first-order valence-electron chi connectivity index (χ1n) is 10.4. The van der Waals surface area contributed by atoms with Crippen molar-refractivity contribution < 1.29 is 14.0 Å². The number of aryl methyl sites for hydroxylation is 1. The van der Waals surface area contributed by atoms with Gasteiger partial charge in [-0.2, -0.15) is 0 Å². The predicted molar refractivity (Wildman–Crippen MR) is 129 cm³/mol. The van der Waals surface area contributed by atoms with E-state index in [-0.39, 0.29) is 17.6 Å². The Labute approximate surface area is 193 Å². The molecule has 0 saturated carbocycles. The van der Waals surface area contributed by atoms with Gasteiger partial charge in [-0.05, 0) is 31.5 Å². The summed E-state index contributed by atoms with van der Waals surface area (Å²) in [6, 6.07) is 15.1. The molecular weight excluding hydrogens is 442 g/mol. The zero-order valence-corrected chi connectivity index (χ0v) is 19.1. The van der Waals surface area contributed by atoms with Crippen LogP contribution >= 0.6 is 23.1 Å². The van der Waals surface area contributed by atoms with E-state index in [4.69, 9.17) is 4.42 Å². The van der Waals surface area contributed by atoms with Crippen LogP contribution < -0.4 is 10.2 Å². The van der Waals surface area contributed by atoms with E-state index in [1.807, 2.05) is 60.8 Å². The van der Waals surface area contributed by atoms with Crippen molar-refractivity contribution in [2.24, 2.45) is 0 Å². The third kappa shape index (κ3) is 4.03. The number of aromatic nitrogens is 1. The molecule has 0 unspecified atom stereocenters. The average Bonchev–Trinajstić information content (AvgIpc) is 3.51. The Balaban J connectivity index is 1.46. The fourth-order valence-electron chi connectivity index (χ4n) is 3.85. The van der Waals surface area contributed by atoms with Crippen molar-refractivity contribution in [2.45, 2.75) is 29.9 Å². The zero-order chi connectivity index (χ0) is 22.1. The summed E-state index contributed by atoms with van der Waals surface area (Å²) in [5.74, 6) is 0.603. The highest BCUT2D eigenvalue weighted by Crippen LogP contribution is 2.35. The predicted octanol–water partition coefficient (Wildman–Crippen LogP) is 5.87. The molecule has 1 fully saturated rings. The van der Waals surface area contributed by atoms with Gasteiger partial charge in [0.15, 0.2) is 5.76 Å². The number of thioether (sulfide) groups is 1. The molecule has 1 saturated heterocycles. The second-order valence-corrected chi connectivity index (χ2v) is 9.65. The molecule has 2 aromatic carbocycles. The van der Waals surface area contributed by atoms with Crippen LogP contribution in [0.1, 0.15) is 34.7 Å². The number of benzene rings is 2. The minimum atomic E-state index is -0.328. The van der Waals surface area contributed by atoms with Crippen LogP contribution in [0.5, 0.6) is 0 Å². The minimum absolute atomic E-state index is 0.0752. The highest BCUT2D eigenvalue weighted by atomic mass is 32.2. The van der Waals surface area contributed by atoms with Crippen LogP contribution in [0.3, 0.4) is 0 Å². The van der Waals surface area contributed by atoms with Crippen LogP contribution in [-0.2, 0) is 10.5 Å². The molecule has 162 valence electrons. The maximum atomic E-state index is 13.3. The molecule has 0 atom stereocenters. The van der Waals surface area contributed by atoms with E-state index < -0.39 is 0 Å². The zero-order valence-electron chi connectivity index (χ0n) is 17.5. The van der Waals surface area contributed by atoms with E-state index in [0.29, 0.717) is 35.7 Å². The Bertz CT molecular complexity index is 1310. The lowest BCUT2D eigenvalue weighted by Gasteiger charge is -2.19. The highest BCUT2D eigenvalue weighted by molar-refractivity contribution is 8.00. The molecule has 0 aliphatic carbocycles. The highest BCUT2D eigenvalue weighted by Gasteiger charge is 2.26. The van der Waals surface area contributed by atoms with Gasteiger partial charge in [0.05, 0.1) is 11.4 Å². The Morgan fingerprint density at radius 1 is 1.22 bits per heavy atom. The number of nitrogens with one attached hydrogen (secondary N) is 1. The summed E-state index contributed by atoms with van der Waals surface area (Å²) in [6.07, 6.45) is 1.35. The normalized spacial score (nSPS) is 13.8. The number of carbonyl (C=O) groups excluding carboxylic acids is 2. The van der Waals surface area contributed by atoms with Crippen molar-refractivity contribution in [3.63, 3.8) is 0 Å². The van der Waals surface area contributed by atoms with Gasteiger partial charge in [0.2, 0.25) is 5.91 Å². The van der Waals surface area contributed by atoms with Crippen molar-refractivity contribution in [3.8, 4) is 0 Å². The summed E-state index contributed by atoms with van der Waals surface area (Å²) in [7, 11) is 0. The molecule has 1 N–H and O–H groups in total. The van der Waals surface area contributed by atoms with E-state index in [1.165, 1.54) is 0 Å². The standard InChI is InChI=1S/C24H21N3O3S2/c1-15-13-31-24(25-15)32-14-17-16-7-2-5-10-20(16)30-22(17)23(29)26-18-8-3-4-9-19(18)27-12-6-11-21(27)28/h2-5,7-10,13H,6,11-12,14H2,1H3,(H,26,29). The van der Waals surface area contributed by atoms with Crippen molar-refractivity contribution in [3.05, 3.63) is 70.9 Å². The summed E-state index contributed by atoms with van der Waals surface area (Å²) in [4.78, 5) is 31.8. The molecule has 0 bridgehead atoms. The molecule has 8 heteroatoms. The Morgan fingerprint density at radius 2 is 2.03 bits per heavy atom. The maximum Gasteiger partial charge on any atom is 0.291 e. The van der Waals surface area contributed by atoms with E-state index in [1.54, 1.807) is 28.0 Å². The van der Waals surface area contributed by atoms with E-state index in [0.717, 1.165) is 27.4 Å². The molecule has 32 heavy (non-hydrogen) atoms. The average molecular weight is 464 g/mol. The van der Waals surface area contributed by atoms with Gasteiger partial charge in [0.1, 0.15) is 9.92 Å². The third-order valence-electron chi connectivity index (χ3n) is 5.36. The lowest BCUT2D eigenvalue weighted by Crippen LogP contribution is -2.25. The van der Waals surface area contributed by atoms with Crippen molar-refractivity contribution in [1.82, 2.24) is 4.98 Å². The Kier molecular flexibility index (Phi) is 5.71. The summed E-state index contributed by atoms with van der Waals surface area (Å²) >= 11 is 3.18. The summed E-state index contributed by atoms with van der Waals surface area (Å²) in [5, 5.41) is 5.91. The van der Waals surface area contributed by atoms with Crippen LogP contribution in [0.2, 0.25) is 0 Å². The SMILES string of the molecule is Cc1csc(SCc2c(C(=O)Nc3ccccc3N3CCCC3=O)oc3ccccc23)n1. The largest absolute Gasteiger partial charge is 0.451 e. The van der Waals surface area contributed by atoms with Gasteiger partial charge in [0, 0.05) is 40.7 Å². The van der Waals surface area contributed by atoms with Gasteiger partial charge >= 0.3 is 0 Å². The molecule has 5 rings (SSSR count). The number of fused-ring (bicyclic) bond motifs is 1. The summed E-state index contributed by atoms with van der Waals surface area (Å²) in [6.45, 7) is 2.63. The molecule has 3 heterocycles. The number of amides is 2. The summed E-state index contributed by atoms with van der Waals surface area (Å²) in [5.41, 5.74) is 3.81. The van der Waals surface area contributed by atoms with Gasteiger partial charge in [-0.25, -0.2) is 4.98 Å². The first-order valence-corrected chi connectivity index (χ1v) is 12.2. The van der Waals surface area contributed by atoms with E-state index in [2.05, 4.69) is 10.3 Å². The number of furan rings is 1. The van der Waals surface area contributed by atoms with Crippen LogP contribution in [0.15, 0.2) is 62.7 Å². The van der Waals surface area contributed by atoms with Crippen molar-refractivity contribution in [2.75, 3.05) is 16.8 Å².